The normalized spacial score (nSPS) is 15.0. The number of carbonyl (C=O) groups is 2. The van der Waals surface area contributed by atoms with Crippen molar-refractivity contribution >= 4 is 27.8 Å². The van der Waals surface area contributed by atoms with Crippen LogP contribution in [0.25, 0.3) is 0 Å². The summed E-state index contributed by atoms with van der Waals surface area (Å²) in [5, 5.41) is 0. The van der Waals surface area contributed by atoms with Gasteiger partial charge in [-0.3, -0.25) is 9.59 Å². The van der Waals surface area contributed by atoms with E-state index >= 15 is 0 Å². The number of halogens is 2. The predicted octanol–water partition coefficient (Wildman–Crippen LogP) is 3.15. The van der Waals surface area contributed by atoms with Crippen LogP contribution >= 0.6 is 15.9 Å². The van der Waals surface area contributed by atoms with Gasteiger partial charge < -0.3 is 9.64 Å². The van der Waals surface area contributed by atoms with Crippen LogP contribution in [0.1, 0.15) is 36.0 Å². The molecule has 114 valence electrons. The van der Waals surface area contributed by atoms with E-state index in [9.17, 15) is 14.0 Å². The van der Waals surface area contributed by atoms with Gasteiger partial charge in [0.05, 0.1) is 17.1 Å². The van der Waals surface area contributed by atoms with Crippen molar-refractivity contribution in [2.24, 2.45) is 0 Å². The monoisotopic (exact) mass is 357 g/mol. The Bertz CT molecular complexity index is 544. The highest BCUT2D eigenvalue weighted by molar-refractivity contribution is 9.10. The maximum atomic E-state index is 13.6. The second-order valence-electron chi connectivity index (χ2n) is 5.05. The molecule has 0 atom stereocenters. The van der Waals surface area contributed by atoms with Crippen molar-refractivity contribution in [3.05, 3.63) is 34.1 Å². The Morgan fingerprint density at radius 1 is 1.38 bits per heavy atom. The Labute approximate surface area is 131 Å². The van der Waals surface area contributed by atoms with Gasteiger partial charge in [0.25, 0.3) is 5.91 Å². The zero-order chi connectivity index (χ0) is 15.4. The van der Waals surface area contributed by atoms with Gasteiger partial charge in [-0.05, 0) is 40.9 Å². The summed E-state index contributed by atoms with van der Waals surface area (Å²) >= 11 is 3.10. The third-order valence-electron chi connectivity index (χ3n) is 3.74. The summed E-state index contributed by atoms with van der Waals surface area (Å²) < 4.78 is 18.4. The van der Waals surface area contributed by atoms with Gasteiger partial charge in [-0.2, -0.15) is 0 Å². The molecule has 0 unspecified atom stereocenters. The molecule has 1 aliphatic rings. The average molecular weight is 358 g/mol. The first-order valence-corrected chi connectivity index (χ1v) is 7.65. The molecule has 1 aromatic rings. The number of hydrogen-bond acceptors (Lipinski definition) is 3. The predicted molar refractivity (Wildman–Crippen MR) is 79.4 cm³/mol. The summed E-state index contributed by atoms with van der Waals surface area (Å²) in [5.41, 5.74) is 0.228. The largest absolute Gasteiger partial charge is 0.468 e. The van der Waals surface area contributed by atoms with Gasteiger partial charge in [-0.1, -0.05) is 18.9 Å². The summed E-state index contributed by atoms with van der Waals surface area (Å²) in [6.45, 7) is -0.108. The number of ether oxygens (including phenoxy) is 1. The van der Waals surface area contributed by atoms with Gasteiger partial charge in [0.1, 0.15) is 12.4 Å². The Morgan fingerprint density at radius 3 is 2.67 bits per heavy atom. The Balaban J connectivity index is 2.28. The zero-order valence-electron chi connectivity index (χ0n) is 11.8. The fourth-order valence-corrected chi connectivity index (χ4v) is 3.04. The molecule has 0 saturated heterocycles. The van der Waals surface area contributed by atoms with Crippen molar-refractivity contribution in [2.75, 3.05) is 13.7 Å². The lowest BCUT2D eigenvalue weighted by Gasteiger charge is -2.28. The highest BCUT2D eigenvalue weighted by atomic mass is 79.9. The van der Waals surface area contributed by atoms with Crippen LogP contribution in [-0.4, -0.2) is 36.5 Å². The van der Waals surface area contributed by atoms with E-state index in [1.165, 1.54) is 24.1 Å². The van der Waals surface area contributed by atoms with E-state index in [0.717, 1.165) is 25.7 Å². The lowest BCUT2D eigenvalue weighted by Crippen LogP contribution is -2.42. The smallest absolute Gasteiger partial charge is 0.325 e. The topological polar surface area (TPSA) is 46.6 Å². The standard InChI is InChI=1S/C15H17BrFNO3/c1-21-13(19)9-18(10-5-2-3-6-10)15(20)11-7-4-8-12(17)14(11)16/h4,7-8,10H,2-3,5-6,9H2,1H3. The molecule has 21 heavy (non-hydrogen) atoms. The SMILES string of the molecule is COC(=O)CN(C(=O)c1cccc(F)c1Br)C1CCCC1. The van der Waals surface area contributed by atoms with E-state index in [0.29, 0.717) is 0 Å². The van der Waals surface area contributed by atoms with Crippen LogP contribution in [0.15, 0.2) is 22.7 Å². The molecule has 0 spiro atoms. The van der Waals surface area contributed by atoms with Crippen molar-refractivity contribution < 1.29 is 18.7 Å². The van der Waals surface area contributed by atoms with Crippen molar-refractivity contribution in [2.45, 2.75) is 31.7 Å². The molecule has 1 amide bonds. The number of nitrogens with zero attached hydrogens (tertiary/aromatic N) is 1. The van der Waals surface area contributed by atoms with E-state index in [1.807, 2.05) is 0 Å². The van der Waals surface area contributed by atoms with Gasteiger partial charge in [0.15, 0.2) is 0 Å². The van der Waals surface area contributed by atoms with Crippen LogP contribution in [0.4, 0.5) is 4.39 Å². The molecule has 1 fully saturated rings. The molecule has 1 saturated carbocycles. The lowest BCUT2D eigenvalue weighted by atomic mass is 10.1. The number of carbonyl (C=O) groups excluding carboxylic acids is 2. The summed E-state index contributed by atoms with van der Waals surface area (Å²) in [4.78, 5) is 25.7. The van der Waals surface area contributed by atoms with Crippen molar-refractivity contribution in [1.82, 2.24) is 4.90 Å². The first-order valence-electron chi connectivity index (χ1n) is 6.86. The first kappa shape index (κ1) is 15.9. The summed E-state index contributed by atoms with van der Waals surface area (Å²) in [7, 11) is 1.29. The molecule has 1 aromatic carbocycles. The van der Waals surface area contributed by atoms with E-state index in [-0.39, 0.29) is 28.5 Å². The third-order valence-corrected chi connectivity index (χ3v) is 4.54. The second-order valence-corrected chi connectivity index (χ2v) is 5.84. The average Bonchev–Trinajstić information content (AvgIpc) is 3.00. The van der Waals surface area contributed by atoms with Crippen LogP contribution in [-0.2, 0) is 9.53 Å². The first-order chi connectivity index (χ1) is 10.0. The minimum Gasteiger partial charge on any atom is -0.468 e. The van der Waals surface area contributed by atoms with E-state index in [4.69, 9.17) is 0 Å². The number of hydrogen-bond donors (Lipinski definition) is 0. The summed E-state index contributed by atoms with van der Waals surface area (Å²) in [6, 6.07) is 4.32. The van der Waals surface area contributed by atoms with Crippen molar-refractivity contribution in [1.29, 1.82) is 0 Å². The molecule has 0 aliphatic heterocycles. The van der Waals surface area contributed by atoms with Gasteiger partial charge in [-0.25, -0.2) is 4.39 Å². The molecule has 0 radical (unpaired) electrons. The fraction of sp³-hybridized carbons (Fsp3) is 0.467. The molecule has 2 rings (SSSR count). The molecule has 0 aromatic heterocycles. The van der Waals surface area contributed by atoms with Crippen molar-refractivity contribution in [3.63, 3.8) is 0 Å². The Kier molecular flexibility index (Phi) is 5.33. The number of amides is 1. The summed E-state index contributed by atoms with van der Waals surface area (Å²) in [6.07, 6.45) is 3.77. The van der Waals surface area contributed by atoms with E-state index < -0.39 is 11.8 Å². The number of esters is 1. The number of rotatable bonds is 4. The molecular formula is C15H17BrFNO3. The zero-order valence-corrected chi connectivity index (χ0v) is 13.4. The van der Waals surface area contributed by atoms with E-state index in [1.54, 1.807) is 6.07 Å². The van der Waals surface area contributed by atoms with Crippen LogP contribution in [0.2, 0.25) is 0 Å². The summed E-state index contributed by atoms with van der Waals surface area (Å²) in [5.74, 6) is -1.31. The lowest BCUT2D eigenvalue weighted by molar-refractivity contribution is -0.141. The Morgan fingerprint density at radius 2 is 2.05 bits per heavy atom. The third kappa shape index (κ3) is 3.61. The highest BCUT2D eigenvalue weighted by Crippen LogP contribution is 2.27. The quantitative estimate of drug-likeness (QED) is 0.777. The highest BCUT2D eigenvalue weighted by Gasteiger charge is 2.30. The van der Waals surface area contributed by atoms with Gasteiger partial charge in [0.2, 0.25) is 0 Å². The Hall–Kier alpha value is -1.43. The molecule has 0 bridgehead atoms. The maximum absolute atomic E-state index is 13.6. The van der Waals surface area contributed by atoms with Crippen LogP contribution in [0.3, 0.4) is 0 Å². The van der Waals surface area contributed by atoms with Crippen LogP contribution in [0.5, 0.6) is 0 Å². The van der Waals surface area contributed by atoms with E-state index in [2.05, 4.69) is 20.7 Å². The minimum atomic E-state index is -0.495. The fourth-order valence-electron chi connectivity index (χ4n) is 2.61. The molecule has 0 heterocycles. The van der Waals surface area contributed by atoms with Crippen LogP contribution < -0.4 is 0 Å². The molecule has 1 aliphatic carbocycles. The molecule has 0 N–H and O–H groups in total. The van der Waals surface area contributed by atoms with Gasteiger partial charge in [0, 0.05) is 6.04 Å². The molecule has 4 nitrogen and oxygen atoms in total. The second kappa shape index (κ2) is 7.02. The maximum Gasteiger partial charge on any atom is 0.325 e. The van der Waals surface area contributed by atoms with Gasteiger partial charge in [-0.15, -0.1) is 0 Å². The molecule has 6 heteroatoms. The number of benzene rings is 1. The van der Waals surface area contributed by atoms with Gasteiger partial charge >= 0.3 is 5.97 Å². The number of methoxy groups -OCH3 is 1. The van der Waals surface area contributed by atoms with Crippen molar-refractivity contribution in [3.8, 4) is 0 Å². The molecular weight excluding hydrogens is 341 g/mol. The minimum absolute atomic E-state index is 0.00627. The van der Waals surface area contributed by atoms with Crippen LogP contribution in [0, 0.1) is 5.82 Å².